The standard InChI is InChI=1S/C18H18O3/c1-12-4-5-14(10-13(12)2)6-8-16(19)15-7-9-17(20)18(11-15)21-3/h4-11,20H,1-3H3/b8-6+. The van der Waals surface area contributed by atoms with E-state index in [0.29, 0.717) is 11.3 Å². The topological polar surface area (TPSA) is 46.5 Å². The highest BCUT2D eigenvalue weighted by Gasteiger charge is 2.07. The number of ether oxygens (including phenoxy) is 1. The van der Waals surface area contributed by atoms with Crippen LogP contribution in [-0.4, -0.2) is 18.0 Å². The van der Waals surface area contributed by atoms with Crippen LogP contribution in [0.15, 0.2) is 42.5 Å². The first-order valence-electron chi connectivity index (χ1n) is 6.68. The van der Waals surface area contributed by atoms with Gasteiger partial charge in [-0.3, -0.25) is 4.79 Å². The Morgan fingerprint density at radius 2 is 1.86 bits per heavy atom. The number of carbonyl (C=O) groups is 1. The number of benzene rings is 2. The Morgan fingerprint density at radius 3 is 2.52 bits per heavy atom. The van der Waals surface area contributed by atoms with Gasteiger partial charge in [-0.25, -0.2) is 0 Å². The van der Waals surface area contributed by atoms with Crippen molar-refractivity contribution < 1.29 is 14.6 Å². The van der Waals surface area contributed by atoms with Crippen LogP contribution in [0.5, 0.6) is 11.5 Å². The summed E-state index contributed by atoms with van der Waals surface area (Å²) >= 11 is 0. The van der Waals surface area contributed by atoms with Crippen molar-refractivity contribution in [3.63, 3.8) is 0 Å². The summed E-state index contributed by atoms with van der Waals surface area (Å²) in [5, 5.41) is 9.53. The Kier molecular flexibility index (Phi) is 4.43. The molecule has 2 rings (SSSR count). The predicted molar refractivity (Wildman–Crippen MR) is 83.9 cm³/mol. The van der Waals surface area contributed by atoms with E-state index in [1.807, 2.05) is 25.1 Å². The summed E-state index contributed by atoms with van der Waals surface area (Å²) in [5.41, 5.74) is 3.87. The van der Waals surface area contributed by atoms with Crippen LogP contribution in [0.25, 0.3) is 6.08 Å². The molecule has 0 unspecified atom stereocenters. The molecule has 0 radical (unpaired) electrons. The van der Waals surface area contributed by atoms with Crippen LogP contribution in [0, 0.1) is 13.8 Å². The minimum Gasteiger partial charge on any atom is -0.504 e. The normalized spacial score (nSPS) is 10.8. The highest BCUT2D eigenvalue weighted by Crippen LogP contribution is 2.26. The predicted octanol–water partition coefficient (Wildman–Crippen LogP) is 3.91. The van der Waals surface area contributed by atoms with E-state index in [1.54, 1.807) is 12.1 Å². The van der Waals surface area contributed by atoms with Crippen molar-refractivity contribution in [1.29, 1.82) is 0 Å². The summed E-state index contributed by atoms with van der Waals surface area (Å²) in [6.45, 7) is 4.09. The maximum atomic E-state index is 12.1. The number of phenols is 1. The van der Waals surface area contributed by atoms with Gasteiger partial charge < -0.3 is 9.84 Å². The lowest BCUT2D eigenvalue weighted by atomic mass is 10.0. The number of aromatic hydroxyl groups is 1. The van der Waals surface area contributed by atoms with Crippen LogP contribution in [0.3, 0.4) is 0 Å². The zero-order valence-electron chi connectivity index (χ0n) is 12.4. The molecule has 0 spiro atoms. The first-order valence-corrected chi connectivity index (χ1v) is 6.68. The molecule has 0 saturated heterocycles. The van der Waals surface area contributed by atoms with Crippen LogP contribution in [0.4, 0.5) is 0 Å². The van der Waals surface area contributed by atoms with E-state index in [9.17, 15) is 9.90 Å². The fraction of sp³-hybridized carbons (Fsp3) is 0.167. The Labute approximate surface area is 124 Å². The number of ketones is 1. The molecule has 0 aliphatic heterocycles. The van der Waals surface area contributed by atoms with Crippen LogP contribution < -0.4 is 4.74 Å². The second-order valence-corrected chi connectivity index (χ2v) is 4.93. The van der Waals surface area contributed by atoms with Gasteiger partial charge in [0.05, 0.1) is 7.11 Å². The molecular weight excluding hydrogens is 264 g/mol. The van der Waals surface area contributed by atoms with Gasteiger partial charge >= 0.3 is 0 Å². The first-order chi connectivity index (χ1) is 10.0. The number of hydrogen-bond donors (Lipinski definition) is 1. The van der Waals surface area contributed by atoms with E-state index in [2.05, 4.69) is 6.92 Å². The molecular formula is C18H18O3. The molecule has 0 aliphatic carbocycles. The fourth-order valence-corrected chi connectivity index (χ4v) is 1.97. The van der Waals surface area contributed by atoms with E-state index in [4.69, 9.17) is 4.74 Å². The van der Waals surface area contributed by atoms with Gasteiger partial charge in [-0.15, -0.1) is 0 Å². The lowest BCUT2D eigenvalue weighted by Gasteiger charge is -2.04. The van der Waals surface area contributed by atoms with Crippen LogP contribution in [-0.2, 0) is 0 Å². The molecule has 0 aromatic heterocycles. The van der Waals surface area contributed by atoms with Crippen LogP contribution in [0.1, 0.15) is 27.0 Å². The maximum Gasteiger partial charge on any atom is 0.185 e. The highest BCUT2D eigenvalue weighted by atomic mass is 16.5. The van der Waals surface area contributed by atoms with Crippen molar-refractivity contribution in [1.82, 2.24) is 0 Å². The number of phenolic OH excluding ortho intramolecular Hbond substituents is 1. The Hall–Kier alpha value is -2.55. The molecule has 0 amide bonds. The molecule has 0 bridgehead atoms. The number of aryl methyl sites for hydroxylation is 2. The summed E-state index contributed by atoms with van der Waals surface area (Å²) in [7, 11) is 1.45. The molecule has 0 saturated carbocycles. The van der Waals surface area contributed by atoms with Gasteiger partial charge in [-0.2, -0.15) is 0 Å². The van der Waals surface area contributed by atoms with Gasteiger partial charge in [0.2, 0.25) is 0 Å². The molecule has 1 N–H and O–H groups in total. The Bertz CT molecular complexity index is 700. The van der Waals surface area contributed by atoms with Crippen molar-refractivity contribution in [2.45, 2.75) is 13.8 Å². The van der Waals surface area contributed by atoms with E-state index in [-0.39, 0.29) is 11.5 Å². The Balaban J connectivity index is 2.20. The third-order valence-electron chi connectivity index (χ3n) is 3.42. The second kappa shape index (κ2) is 6.27. The fourth-order valence-electron chi connectivity index (χ4n) is 1.97. The molecule has 0 aliphatic rings. The van der Waals surface area contributed by atoms with Crippen LogP contribution in [0.2, 0.25) is 0 Å². The van der Waals surface area contributed by atoms with E-state index < -0.39 is 0 Å². The summed E-state index contributed by atoms with van der Waals surface area (Å²) in [4.78, 5) is 12.1. The molecule has 3 heteroatoms. The van der Waals surface area contributed by atoms with Gasteiger partial charge in [0, 0.05) is 5.56 Å². The second-order valence-electron chi connectivity index (χ2n) is 4.93. The van der Waals surface area contributed by atoms with Gasteiger partial charge in [-0.1, -0.05) is 24.3 Å². The van der Waals surface area contributed by atoms with Crippen molar-refractivity contribution >= 4 is 11.9 Å². The van der Waals surface area contributed by atoms with Gasteiger partial charge in [-0.05, 0) is 54.8 Å². The van der Waals surface area contributed by atoms with Crippen LogP contribution >= 0.6 is 0 Å². The lowest BCUT2D eigenvalue weighted by Crippen LogP contribution is -1.95. The monoisotopic (exact) mass is 282 g/mol. The summed E-state index contributed by atoms with van der Waals surface area (Å²) in [5.74, 6) is 0.180. The summed E-state index contributed by atoms with van der Waals surface area (Å²) in [6, 6.07) is 10.6. The quantitative estimate of drug-likeness (QED) is 0.683. The largest absolute Gasteiger partial charge is 0.504 e. The minimum atomic E-state index is -0.133. The molecule has 0 fully saturated rings. The zero-order valence-corrected chi connectivity index (χ0v) is 12.4. The number of methoxy groups -OCH3 is 1. The van der Waals surface area contributed by atoms with Crippen molar-refractivity contribution in [3.05, 3.63) is 64.7 Å². The molecule has 21 heavy (non-hydrogen) atoms. The minimum absolute atomic E-state index is 0.0205. The van der Waals surface area contributed by atoms with E-state index >= 15 is 0 Å². The molecule has 0 atom stereocenters. The smallest absolute Gasteiger partial charge is 0.185 e. The third kappa shape index (κ3) is 3.51. The molecule has 0 heterocycles. The van der Waals surface area contributed by atoms with Gasteiger partial charge in [0.25, 0.3) is 0 Å². The average Bonchev–Trinajstić information content (AvgIpc) is 2.48. The van der Waals surface area contributed by atoms with E-state index in [0.717, 1.165) is 5.56 Å². The van der Waals surface area contributed by atoms with Crippen molar-refractivity contribution in [2.75, 3.05) is 7.11 Å². The molecule has 108 valence electrons. The van der Waals surface area contributed by atoms with E-state index in [1.165, 1.54) is 36.4 Å². The van der Waals surface area contributed by atoms with Crippen molar-refractivity contribution in [2.24, 2.45) is 0 Å². The number of rotatable bonds is 4. The van der Waals surface area contributed by atoms with Gasteiger partial charge in [0.15, 0.2) is 17.3 Å². The molecule has 3 nitrogen and oxygen atoms in total. The molecule has 2 aromatic rings. The first kappa shape index (κ1) is 14.9. The summed E-state index contributed by atoms with van der Waals surface area (Å²) in [6.07, 6.45) is 3.31. The maximum absolute atomic E-state index is 12.1. The third-order valence-corrected chi connectivity index (χ3v) is 3.42. The summed E-state index contributed by atoms with van der Waals surface area (Å²) < 4.78 is 5.00. The number of carbonyl (C=O) groups excluding carboxylic acids is 1. The molecule has 2 aromatic carbocycles. The SMILES string of the molecule is COc1cc(C(=O)/C=C/c2ccc(C)c(C)c2)ccc1O. The average molecular weight is 282 g/mol. The zero-order chi connectivity index (χ0) is 15.4. The van der Waals surface area contributed by atoms with Gasteiger partial charge in [0.1, 0.15) is 0 Å². The number of hydrogen-bond acceptors (Lipinski definition) is 3. The van der Waals surface area contributed by atoms with Crippen molar-refractivity contribution in [3.8, 4) is 11.5 Å². The lowest BCUT2D eigenvalue weighted by molar-refractivity contribution is 0.104. The highest BCUT2D eigenvalue weighted by molar-refractivity contribution is 6.07. The Morgan fingerprint density at radius 1 is 1.10 bits per heavy atom. The number of allylic oxidation sites excluding steroid dienone is 1.